The maximum atomic E-state index is 12.6. The first-order valence-electron chi connectivity index (χ1n) is 7.59. The number of methoxy groups -OCH3 is 1. The van der Waals surface area contributed by atoms with Crippen molar-refractivity contribution in [2.75, 3.05) is 27.7 Å². The van der Waals surface area contributed by atoms with E-state index in [1.807, 2.05) is 13.1 Å². The fourth-order valence-corrected chi connectivity index (χ4v) is 2.86. The molecule has 1 aliphatic rings. The summed E-state index contributed by atoms with van der Waals surface area (Å²) in [6.07, 6.45) is 4.50. The van der Waals surface area contributed by atoms with Gasteiger partial charge in [-0.1, -0.05) is 12.8 Å². The Kier molecular flexibility index (Phi) is 5.76. The molecule has 0 unspecified atom stereocenters. The number of H-pyrrole nitrogens is 1. The van der Waals surface area contributed by atoms with Crippen LogP contribution in [0.5, 0.6) is 0 Å². The third kappa shape index (κ3) is 4.28. The molecule has 6 nitrogen and oxygen atoms in total. The fraction of sp³-hybridized carbons (Fsp3) is 0.733. The third-order valence-electron chi connectivity index (χ3n) is 4.07. The van der Waals surface area contributed by atoms with E-state index >= 15 is 0 Å². The molecular formula is C15H26N4O2. The molecule has 1 N–H and O–H groups in total. The van der Waals surface area contributed by atoms with Crippen LogP contribution in [-0.2, 0) is 22.7 Å². The summed E-state index contributed by atoms with van der Waals surface area (Å²) in [7, 11) is 5.55. The van der Waals surface area contributed by atoms with Crippen LogP contribution in [0, 0.1) is 0 Å². The molecule has 2 heterocycles. The van der Waals surface area contributed by atoms with Crippen molar-refractivity contribution < 1.29 is 9.53 Å². The van der Waals surface area contributed by atoms with Gasteiger partial charge in [-0.2, -0.15) is 5.10 Å². The quantitative estimate of drug-likeness (QED) is 0.891. The van der Waals surface area contributed by atoms with Crippen molar-refractivity contribution in [2.24, 2.45) is 0 Å². The first kappa shape index (κ1) is 16.0. The first-order valence-corrected chi connectivity index (χ1v) is 7.59. The molecule has 1 aromatic rings. The van der Waals surface area contributed by atoms with E-state index in [0.29, 0.717) is 13.2 Å². The molecular weight excluding hydrogens is 268 g/mol. The lowest BCUT2D eigenvalue weighted by molar-refractivity contribution is -0.135. The summed E-state index contributed by atoms with van der Waals surface area (Å²) in [4.78, 5) is 16.6. The van der Waals surface area contributed by atoms with Crippen LogP contribution < -0.4 is 0 Å². The largest absolute Gasteiger partial charge is 0.378 e. The molecule has 0 aliphatic carbocycles. The molecule has 1 saturated heterocycles. The molecule has 1 atom stereocenters. The van der Waals surface area contributed by atoms with Crippen molar-refractivity contribution >= 4 is 5.91 Å². The van der Waals surface area contributed by atoms with Crippen LogP contribution in [-0.4, -0.2) is 59.7 Å². The van der Waals surface area contributed by atoms with E-state index in [1.165, 1.54) is 12.8 Å². The van der Waals surface area contributed by atoms with Gasteiger partial charge in [-0.05, 0) is 32.5 Å². The minimum atomic E-state index is 0.0128. The van der Waals surface area contributed by atoms with Crippen molar-refractivity contribution in [3.05, 3.63) is 17.5 Å². The molecule has 1 fully saturated rings. The van der Waals surface area contributed by atoms with Crippen molar-refractivity contribution in [2.45, 2.75) is 44.9 Å². The maximum Gasteiger partial charge on any atom is 0.240 e. The fourth-order valence-electron chi connectivity index (χ4n) is 2.86. The van der Waals surface area contributed by atoms with E-state index in [0.717, 1.165) is 30.8 Å². The monoisotopic (exact) mass is 294 g/mol. The highest BCUT2D eigenvalue weighted by molar-refractivity contribution is 5.81. The average Bonchev–Trinajstić information content (AvgIpc) is 2.78. The van der Waals surface area contributed by atoms with Crippen molar-refractivity contribution in [3.63, 3.8) is 0 Å². The van der Waals surface area contributed by atoms with Crippen molar-refractivity contribution in [1.82, 2.24) is 20.0 Å². The predicted molar refractivity (Wildman–Crippen MR) is 80.7 cm³/mol. The highest BCUT2D eigenvalue weighted by Crippen LogP contribution is 2.17. The normalized spacial score (nSPS) is 20.2. The van der Waals surface area contributed by atoms with E-state index in [2.05, 4.69) is 22.1 Å². The standard InChI is InChI=1S/C15H26N4O2/c1-18-8-6-4-5-7-14(18)15(20)19(2)10-12-9-13(11-21-3)17-16-12/h9,14H,4-8,10-11H2,1-3H3,(H,16,17)/t14-/m0/s1. The van der Waals surface area contributed by atoms with Crippen LogP contribution in [0.4, 0.5) is 0 Å². The molecule has 1 amide bonds. The summed E-state index contributed by atoms with van der Waals surface area (Å²) >= 11 is 0. The second-order valence-corrected chi connectivity index (χ2v) is 5.86. The van der Waals surface area contributed by atoms with Gasteiger partial charge in [0.2, 0.25) is 5.91 Å². The molecule has 0 aromatic carbocycles. The minimum Gasteiger partial charge on any atom is -0.378 e. The number of nitrogens with zero attached hydrogens (tertiary/aromatic N) is 3. The Morgan fingerprint density at radius 3 is 3.10 bits per heavy atom. The predicted octanol–water partition coefficient (Wildman–Crippen LogP) is 1.39. The molecule has 0 spiro atoms. The summed E-state index contributed by atoms with van der Waals surface area (Å²) in [5, 5.41) is 7.13. The number of likely N-dealkylation sites (tertiary alicyclic amines) is 1. The van der Waals surface area contributed by atoms with Gasteiger partial charge in [0.05, 0.1) is 30.6 Å². The summed E-state index contributed by atoms with van der Waals surface area (Å²) in [6.45, 7) is 2.05. The first-order chi connectivity index (χ1) is 10.1. The molecule has 118 valence electrons. The molecule has 2 rings (SSSR count). The van der Waals surface area contributed by atoms with Gasteiger partial charge in [-0.3, -0.25) is 14.8 Å². The van der Waals surface area contributed by atoms with Gasteiger partial charge >= 0.3 is 0 Å². The molecule has 1 aliphatic heterocycles. The molecule has 6 heteroatoms. The Bertz CT molecular complexity index is 460. The number of likely N-dealkylation sites (N-methyl/N-ethyl adjacent to an activating group) is 2. The number of aromatic amines is 1. The lowest BCUT2D eigenvalue weighted by Crippen LogP contribution is -2.45. The van der Waals surface area contributed by atoms with Crippen LogP contribution >= 0.6 is 0 Å². The maximum absolute atomic E-state index is 12.6. The number of amides is 1. The van der Waals surface area contributed by atoms with E-state index in [1.54, 1.807) is 12.0 Å². The lowest BCUT2D eigenvalue weighted by Gasteiger charge is -2.28. The number of carbonyl (C=O) groups excluding carboxylic acids is 1. The van der Waals surface area contributed by atoms with Gasteiger partial charge < -0.3 is 9.64 Å². The van der Waals surface area contributed by atoms with Crippen LogP contribution in [0.3, 0.4) is 0 Å². The van der Waals surface area contributed by atoms with Gasteiger partial charge in [0.15, 0.2) is 0 Å². The molecule has 1 aromatic heterocycles. The average molecular weight is 294 g/mol. The van der Waals surface area contributed by atoms with Gasteiger partial charge in [0.25, 0.3) is 0 Å². The van der Waals surface area contributed by atoms with E-state index in [4.69, 9.17) is 4.74 Å². The van der Waals surface area contributed by atoms with Crippen LogP contribution in [0.2, 0.25) is 0 Å². The van der Waals surface area contributed by atoms with Gasteiger partial charge in [0.1, 0.15) is 0 Å². The number of ether oxygens (including phenoxy) is 1. The topological polar surface area (TPSA) is 61.5 Å². The Hall–Kier alpha value is -1.40. The van der Waals surface area contributed by atoms with E-state index < -0.39 is 0 Å². The van der Waals surface area contributed by atoms with Crippen LogP contribution in [0.15, 0.2) is 6.07 Å². The zero-order valence-corrected chi connectivity index (χ0v) is 13.3. The smallest absolute Gasteiger partial charge is 0.240 e. The third-order valence-corrected chi connectivity index (χ3v) is 4.07. The van der Waals surface area contributed by atoms with Crippen molar-refractivity contribution in [1.29, 1.82) is 0 Å². The zero-order valence-electron chi connectivity index (χ0n) is 13.3. The Morgan fingerprint density at radius 2 is 2.33 bits per heavy atom. The highest BCUT2D eigenvalue weighted by Gasteiger charge is 2.27. The highest BCUT2D eigenvalue weighted by atomic mass is 16.5. The number of hydrogen-bond donors (Lipinski definition) is 1. The Morgan fingerprint density at radius 1 is 1.52 bits per heavy atom. The SMILES string of the molecule is COCc1cc(CN(C)C(=O)[C@@H]2CCCCCN2C)[nH]n1. The molecule has 0 saturated carbocycles. The van der Waals surface area contributed by atoms with Crippen LogP contribution in [0.1, 0.15) is 37.1 Å². The van der Waals surface area contributed by atoms with Gasteiger partial charge in [0, 0.05) is 14.2 Å². The van der Waals surface area contributed by atoms with Crippen molar-refractivity contribution in [3.8, 4) is 0 Å². The number of nitrogens with one attached hydrogen (secondary N) is 1. The van der Waals surface area contributed by atoms with Crippen LogP contribution in [0.25, 0.3) is 0 Å². The van der Waals surface area contributed by atoms with E-state index in [9.17, 15) is 4.79 Å². The summed E-state index contributed by atoms with van der Waals surface area (Å²) in [5.74, 6) is 0.197. The number of carbonyl (C=O) groups is 1. The second-order valence-electron chi connectivity index (χ2n) is 5.86. The summed E-state index contributed by atoms with van der Waals surface area (Å²) in [5.41, 5.74) is 1.80. The number of rotatable bonds is 5. The second kappa shape index (κ2) is 7.56. The summed E-state index contributed by atoms with van der Waals surface area (Å²) in [6, 6.07) is 1.96. The molecule has 0 radical (unpaired) electrons. The minimum absolute atomic E-state index is 0.0128. The number of hydrogen-bond acceptors (Lipinski definition) is 4. The zero-order chi connectivity index (χ0) is 15.2. The number of aromatic nitrogens is 2. The molecule has 21 heavy (non-hydrogen) atoms. The van der Waals surface area contributed by atoms with Gasteiger partial charge in [-0.25, -0.2) is 0 Å². The Labute approximate surface area is 126 Å². The lowest BCUT2D eigenvalue weighted by atomic mass is 10.1. The van der Waals surface area contributed by atoms with E-state index in [-0.39, 0.29) is 11.9 Å². The summed E-state index contributed by atoms with van der Waals surface area (Å²) < 4.78 is 5.05. The Balaban J connectivity index is 1.94. The molecule has 0 bridgehead atoms. The van der Waals surface area contributed by atoms with Gasteiger partial charge in [-0.15, -0.1) is 0 Å².